The highest BCUT2D eigenvalue weighted by molar-refractivity contribution is 9.10. The Morgan fingerprint density at radius 1 is 1.41 bits per heavy atom. The highest BCUT2D eigenvalue weighted by Crippen LogP contribution is 2.28. The van der Waals surface area contributed by atoms with Crippen LogP contribution in [-0.2, 0) is 4.79 Å². The molecule has 2 rings (SSSR count). The number of rotatable bonds is 4. The van der Waals surface area contributed by atoms with Gasteiger partial charge in [-0.25, -0.2) is 4.98 Å². The van der Waals surface area contributed by atoms with Gasteiger partial charge in [-0.2, -0.15) is 0 Å². The van der Waals surface area contributed by atoms with Crippen LogP contribution in [0.2, 0.25) is 0 Å². The van der Waals surface area contributed by atoms with E-state index in [0.29, 0.717) is 6.42 Å². The van der Waals surface area contributed by atoms with Crippen molar-refractivity contribution in [3.05, 3.63) is 22.9 Å². The number of amides is 1. The van der Waals surface area contributed by atoms with Gasteiger partial charge in [-0.1, -0.05) is 25.7 Å². The van der Waals surface area contributed by atoms with Crippen LogP contribution in [0.25, 0.3) is 0 Å². The largest absolute Gasteiger partial charge is 0.325 e. The average molecular weight is 297 g/mol. The second-order valence-corrected chi connectivity index (χ2v) is 5.42. The van der Waals surface area contributed by atoms with Gasteiger partial charge in [0.25, 0.3) is 0 Å². The SMILES string of the molecule is O=C(CCC1CCCC1)Nc1ccc(Br)nc1. The molecule has 1 N–H and O–H groups in total. The van der Waals surface area contributed by atoms with E-state index in [4.69, 9.17) is 0 Å². The van der Waals surface area contributed by atoms with Gasteiger partial charge in [-0.3, -0.25) is 4.79 Å². The number of carbonyl (C=O) groups excluding carboxylic acids is 1. The summed E-state index contributed by atoms with van der Waals surface area (Å²) >= 11 is 3.26. The van der Waals surface area contributed by atoms with Gasteiger partial charge in [0.15, 0.2) is 0 Å². The molecule has 1 aromatic rings. The topological polar surface area (TPSA) is 42.0 Å². The van der Waals surface area contributed by atoms with Crippen LogP contribution in [0.1, 0.15) is 38.5 Å². The highest BCUT2D eigenvalue weighted by Gasteiger charge is 2.16. The zero-order chi connectivity index (χ0) is 12.1. The molecule has 1 aromatic heterocycles. The molecule has 17 heavy (non-hydrogen) atoms. The van der Waals surface area contributed by atoms with Crippen LogP contribution < -0.4 is 5.32 Å². The van der Waals surface area contributed by atoms with Crippen molar-refractivity contribution in [1.82, 2.24) is 4.98 Å². The number of pyridine rings is 1. The molecule has 0 spiro atoms. The van der Waals surface area contributed by atoms with E-state index in [1.165, 1.54) is 25.7 Å². The summed E-state index contributed by atoms with van der Waals surface area (Å²) in [6, 6.07) is 3.68. The lowest BCUT2D eigenvalue weighted by Crippen LogP contribution is -2.12. The van der Waals surface area contributed by atoms with E-state index in [1.807, 2.05) is 12.1 Å². The number of carbonyl (C=O) groups is 1. The van der Waals surface area contributed by atoms with Crippen molar-refractivity contribution in [1.29, 1.82) is 0 Å². The number of hydrogen-bond acceptors (Lipinski definition) is 2. The molecule has 0 aliphatic heterocycles. The van der Waals surface area contributed by atoms with Gasteiger partial charge in [-0.05, 0) is 40.4 Å². The van der Waals surface area contributed by atoms with Gasteiger partial charge in [-0.15, -0.1) is 0 Å². The first-order valence-electron chi connectivity index (χ1n) is 6.15. The molecule has 0 bridgehead atoms. The number of nitrogens with zero attached hydrogens (tertiary/aromatic N) is 1. The third-order valence-corrected chi connectivity index (χ3v) is 3.73. The zero-order valence-electron chi connectivity index (χ0n) is 9.79. The average Bonchev–Trinajstić information content (AvgIpc) is 2.83. The number of hydrogen-bond donors (Lipinski definition) is 1. The van der Waals surface area contributed by atoms with Crippen LogP contribution >= 0.6 is 15.9 Å². The van der Waals surface area contributed by atoms with E-state index in [0.717, 1.165) is 22.6 Å². The van der Waals surface area contributed by atoms with Crippen LogP contribution in [0.5, 0.6) is 0 Å². The Hall–Kier alpha value is -0.900. The summed E-state index contributed by atoms with van der Waals surface area (Å²) in [7, 11) is 0. The second kappa shape index (κ2) is 6.15. The Morgan fingerprint density at radius 3 is 2.82 bits per heavy atom. The summed E-state index contributed by atoms with van der Waals surface area (Å²) in [5.74, 6) is 0.866. The molecule has 1 aliphatic rings. The molecular formula is C13H17BrN2O. The van der Waals surface area contributed by atoms with E-state index in [9.17, 15) is 4.79 Å². The molecule has 0 radical (unpaired) electrons. The minimum Gasteiger partial charge on any atom is -0.325 e. The lowest BCUT2D eigenvalue weighted by molar-refractivity contribution is -0.116. The molecule has 0 atom stereocenters. The third kappa shape index (κ3) is 4.11. The molecular weight excluding hydrogens is 280 g/mol. The van der Waals surface area contributed by atoms with E-state index in [-0.39, 0.29) is 5.91 Å². The summed E-state index contributed by atoms with van der Waals surface area (Å²) in [6.45, 7) is 0. The monoisotopic (exact) mass is 296 g/mol. The molecule has 3 nitrogen and oxygen atoms in total. The molecule has 1 saturated carbocycles. The van der Waals surface area contributed by atoms with Gasteiger partial charge < -0.3 is 5.32 Å². The predicted octanol–water partition coefficient (Wildman–Crippen LogP) is 3.75. The standard InChI is InChI=1S/C13H17BrN2O/c14-12-7-6-11(9-15-12)16-13(17)8-5-10-3-1-2-4-10/h6-7,9-10H,1-5,8H2,(H,16,17). The Labute approximate surface area is 110 Å². The Bertz CT molecular complexity index is 372. The minimum atomic E-state index is 0.0982. The lowest BCUT2D eigenvalue weighted by atomic mass is 10.0. The van der Waals surface area contributed by atoms with Gasteiger partial charge in [0, 0.05) is 6.42 Å². The van der Waals surface area contributed by atoms with E-state index in [1.54, 1.807) is 6.20 Å². The molecule has 1 fully saturated rings. The summed E-state index contributed by atoms with van der Waals surface area (Å²) in [4.78, 5) is 15.8. The minimum absolute atomic E-state index is 0.0982. The number of anilines is 1. The molecule has 0 saturated heterocycles. The highest BCUT2D eigenvalue weighted by atomic mass is 79.9. The fraction of sp³-hybridized carbons (Fsp3) is 0.538. The fourth-order valence-corrected chi connectivity index (χ4v) is 2.54. The fourth-order valence-electron chi connectivity index (χ4n) is 2.31. The van der Waals surface area contributed by atoms with Crippen molar-refractivity contribution in [2.45, 2.75) is 38.5 Å². The predicted molar refractivity (Wildman–Crippen MR) is 71.8 cm³/mol. The quantitative estimate of drug-likeness (QED) is 0.860. The van der Waals surface area contributed by atoms with Crippen molar-refractivity contribution in [2.75, 3.05) is 5.32 Å². The van der Waals surface area contributed by atoms with E-state index >= 15 is 0 Å². The van der Waals surface area contributed by atoms with Gasteiger partial charge in [0.1, 0.15) is 4.60 Å². The van der Waals surface area contributed by atoms with Crippen LogP contribution in [-0.4, -0.2) is 10.9 Å². The molecule has 1 amide bonds. The van der Waals surface area contributed by atoms with Crippen molar-refractivity contribution in [3.8, 4) is 0 Å². The Morgan fingerprint density at radius 2 is 2.18 bits per heavy atom. The van der Waals surface area contributed by atoms with Crippen LogP contribution in [0, 0.1) is 5.92 Å². The molecule has 92 valence electrons. The maximum Gasteiger partial charge on any atom is 0.224 e. The first-order valence-corrected chi connectivity index (χ1v) is 6.95. The van der Waals surface area contributed by atoms with Crippen molar-refractivity contribution in [3.63, 3.8) is 0 Å². The normalized spacial score (nSPS) is 16.1. The Balaban J connectivity index is 1.74. The first-order chi connectivity index (χ1) is 8.24. The smallest absolute Gasteiger partial charge is 0.224 e. The summed E-state index contributed by atoms with van der Waals surface area (Å²) in [6.07, 6.45) is 8.58. The van der Waals surface area contributed by atoms with Crippen LogP contribution in [0.3, 0.4) is 0 Å². The molecule has 0 aromatic carbocycles. The van der Waals surface area contributed by atoms with Crippen molar-refractivity contribution >= 4 is 27.5 Å². The van der Waals surface area contributed by atoms with E-state index < -0.39 is 0 Å². The third-order valence-electron chi connectivity index (χ3n) is 3.27. The second-order valence-electron chi connectivity index (χ2n) is 4.61. The number of nitrogens with one attached hydrogen (secondary N) is 1. The molecule has 0 unspecified atom stereocenters. The lowest BCUT2D eigenvalue weighted by Gasteiger charge is -2.08. The van der Waals surface area contributed by atoms with Gasteiger partial charge in [0.2, 0.25) is 5.91 Å². The number of halogens is 1. The maximum atomic E-state index is 11.7. The van der Waals surface area contributed by atoms with Crippen LogP contribution in [0.15, 0.2) is 22.9 Å². The molecule has 1 heterocycles. The molecule has 4 heteroatoms. The Kier molecular flexibility index (Phi) is 4.54. The van der Waals surface area contributed by atoms with Crippen molar-refractivity contribution in [2.24, 2.45) is 5.92 Å². The van der Waals surface area contributed by atoms with Crippen molar-refractivity contribution < 1.29 is 4.79 Å². The summed E-state index contributed by atoms with van der Waals surface area (Å²) < 4.78 is 0.779. The van der Waals surface area contributed by atoms with Gasteiger partial charge >= 0.3 is 0 Å². The van der Waals surface area contributed by atoms with Crippen LogP contribution in [0.4, 0.5) is 5.69 Å². The zero-order valence-corrected chi connectivity index (χ0v) is 11.4. The maximum absolute atomic E-state index is 11.7. The first kappa shape index (κ1) is 12.6. The summed E-state index contributed by atoms with van der Waals surface area (Å²) in [5, 5.41) is 2.87. The van der Waals surface area contributed by atoms with E-state index in [2.05, 4.69) is 26.2 Å². The number of aromatic nitrogens is 1. The molecule has 1 aliphatic carbocycles. The summed E-state index contributed by atoms with van der Waals surface area (Å²) in [5.41, 5.74) is 0.768. The van der Waals surface area contributed by atoms with Gasteiger partial charge in [0.05, 0.1) is 11.9 Å².